The third kappa shape index (κ3) is 10.4. The van der Waals surface area contributed by atoms with Crippen LogP contribution in [0.2, 0.25) is 0 Å². The second-order valence-corrected chi connectivity index (χ2v) is 9.07. The van der Waals surface area contributed by atoms with Crippen LogP contribution in [0.25, 0.3) is 0 Å². The molecule has 35 heavy (non-hydrogen) atoms. The van der Waals surface area contributed by atoms with Crippen molar-refractivity contribution >= 4 is 47.4 Å². The number of aliphatic imine (C=N–C) groups is 1. The molecule has 1 aliphatic rings. The number of thioether (sulfide) groups is 1. The average Bonchev–Trinajstić information content (AvgIpc) is 3.27. The van der Waals surface area contributed by atoms with Gasteiger partial charge in [0.15, 0.2) is 5.96 Å². The lowest BCUT2D eigenvalue weighted by Gasteiger charge is -2.29. The van der Waals surface area contributed by atoms with Crippen molar-refractivity contribution in [3.8, 4) is 0 Å². The number of carbonyl (C=O) groups excluding carboxylic acids is 3. The Hall–Kier alpha value is -3.07. The topological polar surface area (TPSA) is 244 Å². The fourth-order valence-corrected chi connectivity index (χ4v) is 4.04. The number of amides is 3. The number of rotatable bonds is 15. The fourth-order valence-electron chi connectivity index (χ4n) is 3.57. The predicted molar refractivity (Wildman–Crippen MR) is 129 cm³/mol. The number of hydrogen-bond donors (Lipinski definition) is 7. The summed E-state index contributed by atoms with van der Waals surface area (Å²) >= 11 is 1.43. The summed E-state index contributed by atoms with van der Waals surface area (Å²) in [5, 5.41) is 23.4. The van der Waals surface area contributed by atoms with Gasteiger partial charge in [-0.2, -0.15) is 11.8 Å². The van der Waals surface area contributed by atoms with Crippen LogP contribution in [0.1, 0.15) is 38.5 Å². The first-order valence-corrected chi connectivity index (χ1v) is 12.5. The van der Waals surface area contributed by atoms with E-state index in [9.17, 15) is 34.2 Å². The highest BCUT2D eigenvalue weighted by Crippen LogP contribution is 2.20. The van der Waals surface area contributed by atoms with Crippen molar-refractivity contribution in [2.45, 2.75) is 62.7 Å². The molecular formula is C20H35N7O7S. The van der Waals surface area contributed by atoms with E-state index in [0.717, 1.165) is 0 Å². The van der Waals surface area contributed by atoms with E-state index in [-0.39, 0.29) is 38.3 Å². The van der Waals surface area contributed by atoms with E-state index in [4.69, 9.17) is 17.2 Å². The van der Waals surface area contributed by atoms with E-state index in [2.05, 4.69) is 15.6 Å². The highest BCUT2D eigenvalue weighted by Gasteiger charge is 2.39. The highest BCUT2D eigenvalue weighted by atomic mass is 32.2. The van der Waals surface area contributed by atoms with Crippen LogP contribution in [-0.2, 0) is 24.0 Å². The van der Waals surface area contributed by atoms with Gasteiger partial charge in [0.25, 0.3) is 0 Å². The molecule has 1 rings (SSSR count). The smallest absolute Gasteiger partial charge is 0.326 e. The van der Waals surface area contributed by atoms with Gasteiger partial charge >= 0.3 is 11.9 Å². The third-order valence-corrected chi connectivity index (χ3v) is 6.01. The molecular weight excluding hydrogens is 482 g/mol. The Bertz CT molecular complexity index is 807. The molecule has 0 saturated carbocycles. The van der Waals surface area contributed by atoms with Crippen LogP contribution in [0.5, 0.6) is 0 Å². The minimum atomic E-state index is -1.44. The quantitative estimate of drug-likeness (QED) is 0.0688. The van der Waals surface area contributed by atoms with Gasteiger partial charge in [0.05, 0.1) is 12.5 Å². The number of guanidine groups is 1. The molecule has 1 saturated heterocycles. The van der Waals surface area contributed by atoms with Crippen molar-refractivity contribution < 1.29 is 34.2 Å². The summed E-state index contributed by atoms with van der Waals surface area (Å²) in [6.45, 7) is 0.412. The highest BCUT2D eigenvalue weighted by molar-refractivity contribution is 7.98. The van der Waals surface area contributed by atoms with Gasteiger partial charge in [0.1, 0.15) is 18.1 Å². The summed E-state index contributed by atoms with van der Waals surface area (Å²) < 4.78 is 0. The summed E-state index contributed by atoms with van der Waals surface area (Å²) in [5.74, 6) is -4.20. The Morgan fingerprint density at radius 3 is 2.37 bits per heavy atom. The first kappa shape index (κ1) is 30.0. The van der Waals surface area contributed by atoms with Crippen LogP contribution in [0.3, 0.4) is 0 Å². The SMILES string of the molecule is CSCCC(NC(=O)C1CCCN1C(=O)C(CC(=O)O)NC(=O)C(N)CCCN=C(N)N)C(=O)O. The fraction of sp³-hybridized carbons (Fsp3) is 0.700. The molecule has 1 fully saturated rings. The number of aliphatic carboxylic acids is 2. The maximum Gasteiger partial charge on any atom is 0.326 e. The number of nitrogens with two attached hydrogens (primary N) is 3. The van der Waals surface area contributed by atoms with E-state index in [1.807, 2.05) is 6.26 Å². The Morgan fingerprint density at radius 2 is 1.80 bits per heavy atom. The van der Waals surface area contributed by atoms with Crippen LogP contribution in [0, 0.1) is 0 Å². The number of nitrogens with one attached hydrogen (secondary N) is 2. The summed E-state index contributed by atoms with van der Waals surface area (Å²) in [6, 6.07) is -4.55. The number of likely N-dealkylation sites (tertiary alicyclic amines) is 1. The molecule has 3 amide bonds. The maximum absolute atomic E-state index is 13.1. The summed E-state index contributed by atoms with van der Waals surface area (Å²) in [5.41, 5.74) is 16.3. The Balaban J connectivity index is 2.86. The van der Waals surface area contributed by atoms with E-state index in [1.54, 1.807) is 0 Å². The van der Waals surface area contributed by atoms with Crippen LogP contribution < -0.4 is 27.8 Å². The van der Waals surface area contributed by atoms with E-state index >= 15 is 0 Å². The number of nitrogens with zero attached hydrogens (tertiary/aromatic N) is 2. The van der Waals surface area contributed by atoms with E-state index in [0.29, 0.717) is 18.6 Å². The summed E-state index contributed by atoms with van der Waals surface area (Å²) in [6.07, 6.45) is 2.64. The van der Waals surface area contributed by atoms with Gasteiger partial charge in [0, 0.05) is 13.1 Å². The zero-order valence-electron chi connectivity index (χ0n) is 19.6. The number of carboxylic acids is 2. The van der Waals surface area contributed by atoms with Crippen LogP contribution in [-0.4, -0.2) is 100.0 Å². The molecule has 1 aliphatic heterocycles. The Labute approximate surface area is 207 Å². The number of hydrogen-bond acceptors (Lipinski definition) is 8. The van der Waals surface area contributed by atoms with E-state index < -0.39 is 60.2 Å². The molecule has 0 spiro atoms. The van der Waals surface area contributed by atoms with Gasteiger partial charge in [-0.05, 0) is 44.1 Å². The molecule has 0 radical (unpaired) electrons. The third-order valence-electron chi connectivity index (χ3n) is 5.36. The molecule has 0 aromatic carbocycles. The van der Waals surface area contributed by atoms with E-state index in [1.165, 1.54) is 16.7 Å². The first-order valence-electron chi connectivity index (χ1n) is 11.1. The van der Waals surface area contributed by atoms with Crippen molar-refractivity contribution in [1.29, 1.82) is 0 Å². The molecule has 4 unspecified atom stereocenters. The lowest BCUT2D eigenvalue weighted by molar-refractivity contribution is -0.147. The normalized spacial score (nSPS) is 17.7. The van der Waals surface area contributed by atoms with Gasteiger partial charge in [0.2, 0.25) is 17.7 Å². The largest absolute Gasteiger partial charge is 0.481 e. The molecule has 14 nitrogen and oxygen atoms in total. The first-order chi connectivity index (χ1) is 16.5. The van der Waals surface area contributed by atoms with Gasteiger partial charge in [-0.3, -0.25) is 24.2 Å². The molecule has 4 atom stereocenters. The van der Waals surface area contributed by atoms with Crippen molar-refractivity contribution in [2.24, 2.45) is 22.2 Å². The Morgan fingerprint density at radius 1 is 1.11 bits per heavy atom. The number of carbonyl (C=O) groups is 5. The lowest BCUT2D eigenvalue weighted by atomic mass is 10.1. The minimum Gasteiger partial charge on any atom is -0.481 e. The van der Waals surface area contributed by atoms with Crippen molar-refractivity contribution in [3.63, 3.8) is 0 Å². The molecule has 10 N–H and O–H groups in total. The molecule has 0 aliphatic carbocycles. The summed E-state index contributed by atoms with van der Waals surface area (Å²) in [4.78, 5) is 66.2. The van der Waals surface area contributed by atoms with Crippen LogP contribution in [0.15, 0.2) is 4.99 Å². The second kappa shape index (κ2) is 15.0. The molecule has 1 heterocycles. The monoisotopic (exact) mass is 517 g/mol. The van der Waals surface area contributed by atoms with Gasteiger partial charge < -0.3 is 42.9 Å². The molecule has 15 heteroatoms. The minimum absolute atomic E-state index is 0.0988. The molecule has 198 valence electrons. The molecule has 0 aromatic heterocycles. The van der Waals surface area contributed by atoms with Crippen LogP contribution in [0.4, 0.5) is 0 Å². The standard InChI is InChI=1S/C20H35N7O7S/c1-35-9-6-12(19(33)34)25-17(31)14-5-3-8-27(14)18(32)13(10-15(28)29)26-16(30)11(21)4-2-7-24-20(22)23/h11-14H,2-10,21H2,1H3,(H,25,31)(H,26,30)(H,28,29)(H,33,34)(H4,22,23,24). The van der Waals surface area contributed by atoms with Gasteiger partial charge in [-0.1, -0.05) is 0 Å². The number of carboxylic acid groups (broad SMARTS) is 2. The molecule has 0 bridgehead atoms. The van der Waals surface area contributed by atoms with Gasteiger partial charge in [-0.15, -0.1) is 0 Å². The Kier molecular flexibility index (Phi) is 12.9. The maximum atomic E-state index is 13.1. The van der Waals surface area contributed by atoms with Crippen LogP contribution >= 0.6 is 11.8 Å². The lowest BCUT2D eigenvalue weighted by Crippen LogP contribution is -2.57. The summed E-state index contributed by atoms with van der Waals surface area (Å²) in [7, 11) is 0. The molecule has 0 aromatic rings. The van der Waals surface area contributed by atoms with Crippen molar-refractivity contribution in [2.75, 3.05) is 25.1 Å². The predicted octanol–water partition coefficient (Wildman–Crippen LogP) is -2.36. The average molecular weight is 518 g/mol. The zero-order valence-corrected chi connectivity index (χ0v) is 20.5. The second-order valence-electron chi connectivity index (χ2n) is 8.08. The van der Waals surface area contributed by atoms with Crippen molar-refractivity contribution in [3.05, 3.63) is 0 Å². The van der Waals surface area contributed by atoms with Crippen molar-refractivity contribution in [1.82, 2.24) is 15.5 Å². The zero-order chi connectivity index (χ0) is 26.5. The van der Waals surface area contributed by atoms with Gasteiger partial charge in [-0.25, -0.2) is 4.79 Å².